The minimum Gasteiger partial charge on any atom is -0.334 e. The van der Waals surface area contributed by atoms with E-state index in [-0.39, 0.29) is 11.9 Å². The summed E-state index contributed by atoms with van der Waals surface area (Å²) in [6.45, 7) is 3.72. The van der Waals surface area contributed by atoms with Crippen LogP contribution < -0.4 is 0 Å². The van der Waals surface area contributed by atoms with Crippen molar-refractivity contribution in [2.24, 2.45) is 0 Å². The highest BCUT2D eigenvalue weighted by Gasteiger charge is 2.21. The normalized spacial score (nSPS) is 12.0. The smallest absolute Gasteiger partial charge is 0.274 e. The standard InChI is InChI=1S/C15H15Cl2N3O/c1-9-7-19-14(8-18-9)15(21)20(3)10(2)12-5-4-11(16)6-13(12)17/h4-8,10H,1-3H3. The molecule has 21 heavy (non-hydrogen) atoms. The van der Waals surface area contributed by atoms with Gasteiger partial charge in [0.1, 0.15) is 5.69 Å². The Morgan fingerprint density at radius 1 is 1.24 bits per heavy atom. The van der Waals surface area contributed by atoms with Gasteiger partial charge in [0.15, 0.2) is 0 Å². The molecule has 110 valence electrons. The zero-order chi connectivity index (χ0) is 15.6. The van der Waals surface area contributed by atoms with Gasteiger partial charge in [-0.15, -0.1) is 0 Å². The Kier molecular flexibility index (Phi) is 4.80. The first-order chi connectivity index (χ1) is 9.90. The molecule has 0 aliphatic heterocycles. The van der Waals surface area contributed by atoms with Crippen LogP contribution in [0.1, 0.15) is 34.7 Å². The van der Waals surface area contributed by atoms with E-state index in [1.807, 2.05) is 19.9 Å². The van der Waals surface area contributed by atoms with Crippen LogP contribution >= 0.6 is 23.2 Å². The number of benzene rings is 1. The highest BCUT2D eigenvalue weighted by molar-refractivity contribution is 6.35. The lowest BCUT2D eigenvalue weighted by Crippen LogP contribution is -2.30. The first-order valence-corrected chi connectivity index (χ1v) is 7.16. The summed E-state index contributed by atoms with van der Waals surface area (Å²) < 4.78 is 0. The van der Waals surface area contributed by atoms with Gasteiger partial charge in [0, 0.05) is 23.3 Å². The number of hydrogen-bond acceptors (Lipinski definition) is 3. The van der Waals surface area contributed by atoms with E-state index in [4.69, 9.17) is 23.2 Å². The summed E-state index contributed by atoms with van der Waals surface area (Å²) in [7, 11) is 1.71. The largest absolute Gasteiger partial charge is 0.334 e. The van der Waals surface area contributed by atoms with E-state index >= 15 is 0 Å². The first-order valence-electron chi connectivity index (χ1n) is 6.41. The first kappa shape index (κ1) is 15.7. The molecule has 1 unspecified atom stereocenters. The average molecular weight is 324 g/mol. The lowest BCUT2D eigenvalue weighted by Gasteiger charge is -2.25. The molecule has 0 saturated heterocycles. The molecule has 1 heterocycles. The van der Waals surface area contributed by atoms with Crippen LogP contribution in [0.3, 0.4) is 0 Å². The second-order valence-electron chi connectivity index (χ2n) is 4.80. The Balaban J connectivity index is 2.24. The molecular formula is C15H15Cl2N3O. The predicted molar refractivity (Wildman–Crippen MR) is 83.7 cm³/mol. The van der Waals surface area contributed by atoms with Crippen molar-refractivity contribution in [3.8, 4) is 0 Å². The van der Waals surface area contributed by atoms with Gasteiger partial charge in [-0.25, -0.2) is 4.98 Å². The highest BCUT2D eigenvalue weighted by atomic mass is 35.5. The molecule has 0 bridgehead atoms. The Morgan fingerprint density at radius 2 is 1.95 bits per heavy atom. The van der Waals surface area contributed by atoms with Crippen LogP contribution in [0.15, 0.2) is 30.6 Å². The number of hydrogen-bond donors (Lipinski definition) is 0. The maximum atomic E-state index is 12.4. The monoisotopic (exact) mass is 323 g/mol. The Labute approximate surface area is 133 Å². The van der Waals surface area contributed by atoms with E-state index in [9.17, 15) is 4.79 Å². The van der Waals surface area contributed by atoms with Crippen molar-refractivity contribution in [3.05, 3.63) is 57.6 Å². The van der Waals surface area contributed by atoms with Crippen LogP contribution in [-0.4, -0.2) is 27.8 Å². The lowest BCUT2D eigenvalue weighted by molar-refractivity contribution is 0.0736. The SMILES string of the molecule is Cc1cnc(C(=O)N(C)C(C)c2ccc(Cl)cc2Cl)cn1. The lowest BCUT2D eigenvalue weighted by atomic mass is 10.1. The van der Waals surface area contributed by atoms with Gasteiger partial charge in [-0.2, -0.15) is 0 Å². The number of rotatable bonds is 3. The van der Waals surface area contributed by atoms with Crippen LogP contribution in [0.2, 0.25) is 10.0 Å². The molecule has 0 N–H and O–H groups in total. The number of carbonyl (C=O) groups excluding carboxylic acids is 1. The fourth-order valence-corrected chi connectivity index (χ4v) is 2.47. The van der Waals surface area contributed by atoms with Crippen LogP contribution in [0.5, 0.6) is 0 Å². The van der Waals surface area contributed by atoms with Crippen molar-refractivity contribution < 1.29 is 4.79 Å². The zero-order valence-electron chi connectivity index (χ0n) is 12.0. The second kappa shape index (κ2) is 6.41. The molecule has 4 nitrogen and oxygen atoms in total. The molecule has 1 aromatic heterocycles. The van der Waals surface area contributed by atoms with Crippen molar-refractivity contribution >= 4 is 29.1 Å². The molecule has 0 radical (unpaired) electrons. The summed E-state index contributed by atoms with van der Waals surface area (Å²) in [5, 5.41) is 1.10. The third kappa shape index (κ3) is 3.52. The molecule has 6 heteroatoms. The topological polar surface area (TPSA) is 46.1 Å². The maximum absolute atomic E-state index is 12.4. The van der Waals surface area contributed by atoms with Crippen LogP contribution in [0, 0.1) is 6.92 Å². The fraction of sp³-hybridized carbons (Fsp3) is 0.267. The van der Waals surface area contributed by atoms with E-state index in [2.05, 4.69) is 9.97 Å². The fourth-order valence-electron chi connectivity index (χ4n) is 1.91. The molecule has 0 fully saturated rings. The molecule has 0 spiro atoms. The zero-order valence-corrected chi connectivity index (χ0v) is 13.5. The van der Waals surface area contributed by atoms with Gasteiger partial charge in [-0.3, -0.25) is 9.78 Å². The molecule has 1 aromatic carbocycles. The highest BCUT2D eigenvalue weighted by Crippen LogP contribution is 2.29. The minimum absolute atomic E-state index is 0.203. The summed E-state index contributed by atoms with van der Waals surface area (Å²) >= 11 is 12.1. The van der Waals surface area contributed by atoms with Gasteiger partial charge < -0.3 is 4.90 Å². The van der Waals surface area contributed by atoms with E-state index in [1.54, 1.807) is 30.3 Å². The number of carbonyl (C=O) groups is 1. The second-order valence-corrected chi connectivity index (χ2v) is 5.64. The average Bonchev–Trinajstić information content (AvgIpc) is 2.46. The van der Waals surface area contributed by atoms with Gasteiger partial charge in [0.05, 0.1) is 17.9 Å². The van der Waals surface area contributed by atoms with E-state index in [0.29, 0.717) is 15.7 Å². The Bertz CT molecular complexity index is 658. The summed E-state index contributed by atoms with van der Waals surface area (Å²) in [6, 6.07) is 5.03. The molecule has 1 amide bonds. The third-order valence-electron chi connectivity index (χ3n) is 3.31. The third-order valence-corrected chi connectivity index (χ3v) is 3.88. The summed E-state index contributed by atoms with van der Waals surface area (Å²) in [5.74, 6) is -0.207. The number of halogens is 2. The summed E-state index contributed by atoms with van der Waals surface area (Å²) in [4.78, 5) is 22.2. The molecule has 0 aliphatic rings. The van der Waals surface area contributed by atoms with Crippen molar-refractivity contribution in [3.63, 3.8) is 0 Å². The summed E-state index contributed by atoms with van der Waals surface area (Å²) in [6.07, 6.45) is 3.05. The number of nitrogens with zero attached hydrogens (tertiary/aromatic N) is 3. The number of aromatic nitrogens is 2. The van der Waals surface area contributed by atoms with Crippen molar-refractivity contribution in [1.82, 2.24) is 14.9 Å². The summed E-state index contributed by atoms with van der Waals surface area (Å²) in [5.41, 5.74) is 1.90. The van der Waals surface area contributed by atoms with Crippen molar-refractivity contribution in [2.75, 3.05) is 7.05 Å². The molecular weight excluding hydrogens is 309 g/mol. The van der Waals surface area contributed by atoms with Gasteiger partial charge >= 0.3 is 0 Å². The Morgan fingerprint density at radius 3 is 2.52 bits per heavy atom. The number of amides is 1. The van der Waals surface area contributed by atoms with E-state index in [0.717, 1.165) is 11.3 Å². The quantitative estimate of drug-likeness (QED) is 0.859. The molecule has 2 rings (SSSR count). The van der Waals surface area contributed by atoms with Crippen LogP contribution in [0.25, 0.3) is 0 Å². The van der Waals surface area contributed by atoms with E-state index < -0.39 is 0 Å². The predicted octanol–water partition coefficient (Wildman–Crippen LogP) is 3.93. The molecule has 0 aliphatic carbocycles. The number of aryl methyl sites for hydroxylation is 1. The van der Waals surface area contributed by atoms with Gasteiger partial charge in [-0.1, -0.05) is 29.3 Å². The minimum atomic E-state index is -0.207. The molecule has 2 aromatic rings. The van der Waals surface area contributed by atoms with Gasteiger partial charge in [-0.05, 0) is 31.5 Å². The van der Waals surface area contributed by atoms with Crippen molar-refractivity contribution in [2.45, 2.75) is 19.9 Å². The molecule has 0 saturated carbocycles. The van der Waals surface area contributed by atoms with Crippen molar-refractivity contribution in [1.29, 1.82) is 0 Å². The van der Waals surface area contributed by atoms with E-state index in [1.165, 1.54) is 6.20 Å². The maximum Gasteiger partial charge on any atom is 0.274 e. The van der Waals surface area contributed by atoms with Gasteiger partial charge in [0.25, 0.3) is 5.91 Å². The van der Waals surface area contributed by atoms with Crippen LogP contribution in [-0.2, 0) is 0 Å². The Hall–Kier alpha value is -1.65. The van der Waals surface area contributed by atoms with Crippen LogP contribution in [0.4, 0.5) is 0 Å². The molecule has 1 atom stereocenters. The van der Waals surface area contributed by atoms with Gasteiger partial charge in [0.2, 0.25) is 0 Å².